The number of imidazole rings is 1. The van der Waals surface area contributed by atoms with Crippen molar-refractivity contribution in [3.63, 3.8) is 0 Å². The Morgan fingerprint density at radius 2 is 2.29 bits per heavy atom. The third-order valence-electron chi connectivity index (χ3n) is 3.23. The number of aryl methyl sites for hydroxylation is 1. The Labute approximate surface area is 122 Å². The van der Waals surface area contributed by atoms with E-state index >= 15 is 0 Å². The minimum atomic E-state index is -0.620. The van der Waals surface area contributed by atoms with Gasteiger partial charge in [0.25, 0.3) is 5.91 Å². The van der Waals surface area contributed by atoms with Crippen LogP contribution in [-0.4, -0.2) is 33.4 Å². The minimum absolute atomic E-state index is 0.171. The number of nitrogens with zero attached hydrogens (tertiary/aromatic N) is 2. The molecule has 2 heterocycles. The minimum Gasteiger partial charge on any atom is -0.349 e. The Kier molecular flexibility index (Phi) is 4.91. The van der Waals surface area contributed by atoms with E-state index in [4.69, 9.17) is 0 Å². The molecule has 4 amide bonds. The van der Waals surface area contributed by atoms with Crippen molar-refractivity contribution in [1.29, 1.82) is 0 Å². The third-order valence-corrected chi connectivity index (χ3v) is 3.23. The number of hydrogen-bond acceptors (Lipinski definition) is 4. The Morgan fingerprint density at radius 1 is 1.48 bits per heavy atom. The Morgan fingerprint density at radius 3 is 2.95 bits per heavy atom. The normalized spacial score (nSPS) is 17.5. The van der Waals surface area contributed by atoms with Crippen LogP contribution >= 0.6 is 0 Å². The van der Waals surface area contributed by atoms with E-state index in [1.807, 2.05) is 10.8 Å². The van der Waals surface area contributed by atoms with E-state index in [1.54, 1.807) is 6.20 Å². The van der Waals surface area contributed by atoms with Gasteiger partial charge in [-0.1, -0.05) is 6.92 Å². The molecule has 3 N–H and O–H groups in total. The highest BCUT2D eigenvalue weighted by Gasteiger charge is 2.29. The number of nitrogens with one attached hydrogen (secondary N) is 3. The van der Waals surface area contributed by atoms with Crippen molar-refractivity contribution >= 4 is 17.8 Å². The zero-order chi connectivity index (χ0) is 15.2. The van der Waals surface area contributed by atoms with Gasteiger partial charge in [-0.2, -0.15) is 0 Å². The molecular weight excluding hydrogens is 274 g/mol. The van der Waals surface area contributed by atoms with Crippen LogP contribution in [0.5, 0.6) is 0 Å². The van der Waals surface area contributed by atoms with Crippen LogP contribution in [0.15, 0.2) is 12.4 Å². The van der Waals surface area contributed by atoms with Crippen molar-refractivity contribution in [3.8, 4) is 0 Å². The molecule has 0 spiro atoms. The first-order valence-electron chi connectivity index (χ1n) is 6.98. The number of hydrogen-bond donors (Lipinski definition) is 3. The van der Waals surface area contributed by atoms with Crippen LogP contribution in [0.2, 0.25) is 0 Å². The van der Waals surface area contributed by atoms with Gasteiger partial charge in [0.1, 0.15) is 11.9 Å². The van der Waals surface area contributed by atoms with Crippen LogP contribution in [0.3, 0.4) is 0 Å². The lowest BCUT2D eigenvalue weighted by atomic mass is 10.1. The zero-order valence-corrected chi connectivity index (χ0v) is 11.9. The van der Waals surface area contributed by atoms with Gasteiger partial charge in [-0.25, -0.2) is 9.78 Å². The quantitative estimate of drug-likeness (QED) is 0.610. The van der Waals surface area contributed by atoms with Gasteiger partial charge in [-0.3, -0.25) is 14.9 Å². The molecule has 0 aromatic carbocycles. The van der Waals surface area contributed by atoms with Crippen LogP contribution in [0.25, 0.3) is 0 Å². The molecule has 1 aromatic rings. The summed E-state index contributed by atoms with van der Waals surface area (Å²) >= 11 is 0. The monoisotopic (exact) mass is 293 g/mol. The summed E-state index contributed by atoms with van der Waals surface area (Å²) in [5.41, 5.74) is 0. The molecule has 1 aliphatic rings. The molecule has 1 fully saturated rings. The molecule has 1 aromatic heterocycles. The van der Waals surface area contributed by atoms with Crippen molar-refractivity contribution in [2.75, 3.05) is 0 Å². The van der Waals surface area contributed by atoms with E-state index in [-0.39, 0.29) is 24.7 Å². The van der Waals surface area contributed by atoms with E-state index in [9.17, 15) is 14.4 Å². The molecule has 8 heteroatoms. The largest absolute Gasteiger partial charge is 0.349 e. The van der Waals surface area contributed by atoms with Crippen LogP contribution in [-0.2, 0) is 22.7 Å². The van der Waals surface area contributed by atoms with Crippen molar-refractivity contribution in [2.24, 2.45) is 0 Å². The lowest BCUT2D eigenvalue weighted by Crippen LogP contribution is -2.32. The van der Waals surface area contributed by atoms with Gasteiger partial charge in [-0.15, -0.1) is 0 Å². The molecule has 0 unspecified atom stereocenters. The summed E-state index contributed by atoms with van der Waals surface area (Å²) in [5, 5.41) is 7.36. The molecule has 2 rings (SSSR count). The summed E-state index contributed by atoms with van der Waals surface area (Å²) in [6.07, 6.45) is 5.03. The maximum absolute atomic E-state index is 11.8. The molecule has 1 atom stereocenters. The van der Waals surface area contributed by atoms with Gasteiger partial charge in [-0.05, 0) is 12.8 Å². The van der Waals surface area contributed by atoms with Crippen LogP contribution in [0.1, 0.15) is 32.0 Å². The Hall–Kier alpha value is -2.38. The maximum Gasteiger partial charge on any atom is 0.322 e. The third kappa shape index (κ3) is 4.04. The van der Waals surface area contributed by atoms with Gasteiger partial charge in [0.05, 0.1) is 6.54 Å². The number of imide groups is 1. The van der Waals surface area contributed by atoms with Crippen molar-refractivity contribution in [3.05, 3.63) is 18.2 Å². The van der Waals surface area contributed by atoms with Gasteiger partial charge < -0.3 is 15.2 Å². The standard InChI is InChI=1S/C13H19N5O3/c1-2-6-18-7-5-14-10(18)8-15-11(19)4-3-9-12(20)17-13(21)16-9/h5,7,9H,2-4,6,8H2,1H3,(H,15,19)(H2,16,17,20,21)/t9-/m0/s1. The molecule has 1 saturated heterocycles. The van der Waals surface area contributed by atoms with Gasteiger partial charge in [0.2, 0.25) is 5.91 Å². The fourth-order valence-corrected chi connectivity index (χ4v) is 2.16. The summed E-state index contributed by atoms with van der Waals surface area (Å²) in [5.74, 6) is 0.249. The van der Waals surface area contributed by atoms with E-state index in [2.05, 4.69) is 27.9 Å². The number of rotatable bonds is 7. The Bertz CT molecular complexity index is 540. The first-order valence-corrected chi connectivity index (χ1v) is 6.98. The molecule has 0 aliphatic carbocycles. The summed E-state index contributed by atoms with van der Waals surface area (Å²) in [6, 6.07) is -1.13. The second-order valence-corrected chi connectivity index (χ2v) is 4.87. The average Bonchev–Trinajstić information content (AvgIpc) is 3.01. The Balaban J connectivity index is 1.73. The summed E-state index contributed by atoms with van der Waals surface area (Å²) in [7, 11) is 0. The van der Waals surface area contributed by atoms with Crippen LogP contribution in [0, 0.1) is 0 Å². The summed E-state index contributed by atoms with van der Waals surface area (Å²) in [6.45, 7) is 3.29. The number of urea groups is 1. The highest BCUT2D eigenvalue weighted by molar-refractivity contribution is 6.04. The van der Waals surface area contributed by atoms with Crippen LogP contribution in [0.4, 0.5) is 4.79 Å². The molecule has 8 nitrogen and oxygen atoms in total. The molecule has 1 aliphatic heterocycles. The SMILES string of the molecule is CCCn1ccnc1CNC(=O)CC[C@@H]1NC(=O)NC1=O. The molecular formula is C13H19N5O3. The molecule has 114 valence electrons. The predicted octanol–water partition coefficient (Wildman–Crippen LogP) is -0.102. The van der Waals surface area contributed by atoms with Gasteiger partial charge in [0.15, 0.2) is 0 Å². The highest BCUT2D eigenvalue weighted by atomic mass is 16.2. The average molecular weight is 293 g/mol. The number of amides is 4. The molecule has 0 bridgehead atoms. The van der Waals surface area contributed by atoms with Crippen molar-refractivity contribution < 1.29 is 14.4 Å². The second-order valence-electron chi connectivity index (χ2n) is 4.87. The number of carbonyl (C=O) groups is 3. The van der Waals surface area contributed by atoms with E-state index in [0.717, 1.165) is 18.8 Å². The lowest BCUT2D eigenvalue weighted by Gasteiger charge is -2.09. The van der Waals surface area contributed by atoms with Crippen LogP contribution < -0.4 is 16.0 Å². The molecule has 0 radical (unpaired) electrons. The van der Waals surface area contributed by atoms with Gasteiger partial charge >= 0.3 is 6.03 Å². The number of carbonyl (C=O) groups excluding carboxylic acids is 3. The maximum atomic E-state index is 11.8. The fourth-order valence-electron chi connectivity index (χ4n) is 2.16. The topological polar surface area (TPSA) is 105 Å². The summed E-state index contributed by atoms with van der Waals surface area (Å²) in [4.78, 5) is 38.2. The first-order chi connectivity index (χ1) is 10.1. The van der Waals surface area contributed by atoms with E-state index in [0.29, 0.717) is 6.54 Å². The summed E-state index contributed by atoms with van der Waals surface area (Å²) < 4.78 is 1.99. The fraction of sp³-hybridized carbons (Fsp3) is 0.538. The first kappa shape index (κ1) is 15.0. The second kappa shape index (κ2) is 6.87. The van der Waals surface area contributed by atoms with E-state index < -0.39 is 12.1 Å². The molecule has 21 heavy (non-hydrogen) atoms. The van der Waals surface area contributed by atoms with Crippen molar-refractivity contribution in [1.82, 2.24) is 25.5 Å². The predicted molar refractivity (Wildman–Crippen MR) is 74.1 cm³/mol. The van der Waals surface area contributed by atoms with E-state index in [1.165, 1.54) is 0 Å². The molecule has 0 saturated carbocycles. The highest BCUT2D eigenvalue weighted by Crippen LogP contribution is 2.03. The van der Waals surface area contributed by atoms with Gasteiger partial charge in [0, 0.05) is 25.4 Å². The zero-order valence-electron chi connectivity index (χ0n) is 11.9. The number of aromatic nitrogens is 2. The lowest BCUT2D eigenvalue weighted by molar-refractivity contribution is -0.122. The smallest absolute Gasteiger partial charge is 0.322 e. The van der Waals surface area contributed by atoms with Crippen molar-refractivity contribution in [2.45, 2.75) is 45.3 Å².